The molecule has 4 nitrogen and oxygen atoms in total. The molecule has 2 rings (SSSR count). The van der Waals surface area contributed by atoms with Crippen LogP contribution in [0.1, 0.15) is 37.7 Å². The fraction of sp³-hybridized carbons (Fsp3) is 0.467. The lowest BCUT2D eigenvalue weighted by Gasteiger charge is -2.34. The molecule has 0 unspecified atom stereocenters. The van der Waals surface area contributed by atoms with Gasteiger partial charge in [0.1, 0.15) is 5.54 Å². The maximum absolute atomic E-state index is 12.1. The SMILES string of the molecule is O=C(Cc1cccc(Br)c1)NC1(C(=O)O)CCCCC1. The molecule has 0 atom stereocenters. The number of carbonyl (C=O) groups excluding carboxylic acids is 1. The molecule has 1 aliphatic carbocycles. The van der Waals surface area contributed by atoms with Gasteiger partial charge in [0.05, 0.1) is 6.42 Å². The topological polar surface area (TPSA) is 66.4 Å². The zero-order valence-corrected chi connectivity index (χ0v) is 12.8. The molecule has 0 spiro atoms. The number of amides is 1. The van der Waals surface area contributed by atoms with Gasteiger partial charge in [0.15, 0.2) is 0 Å². The van der Waals surface area contributed by atoms with Gasteiger partial charge in [0.25, 0.3) is 0 Å². The van der Waals surface area contributed by atoms with Gasteiger partial charge in [0.2, 0.25) is 5.91 Å². The van der Waals surface area contributed by atoms with Crippen LogP contribution in [0.15, 0.2) is 28.7 Å². The van der Waals surface area contributed by atoms with E-state index in [0.29, 0.717) is 12.8 Å². The van der Waals surface area contributed by atoms with Gasteiger partial charge in [-0.05, 0) is 30.5 Å². The maximum Gasteiger partial charge on any atom is 0.329 e. The minimum absolute atomic E-state index is 0.203. The highest BCUT2D eigenvalue weighted by molar-refractivity contribution is 9.10. The first-order valence-electron chi connectivity index (χ1n) is 6.81. The molecular formula is C15H18BrNO3. The predicted molar refractivity (Wildman–Crippen MR) is 79.4 cm³/mol. The molecule has 0 radical (unpaired) electrons. The number of carboxylic acid groups (broad SMARTS) is 1. The number of hydrogen-bond acceptors (Lipinski definition) is 2. The number of halogens is 1. The third-order valence-electron chi connectivity index (χ3n) is 3.75. The van der Waals surface area contributed by atoms with Crippen molar-refractivity contribution in [3.8, 4) is 0 Å². The zero-order chi connectivity index (χ0) is 14.6. The van der Waals surface area contributed by atoms with Gasteiger partial charge in [-0.3, -0.25) is 4.79 Å². The van der Waals surface area contributed by atoms with Gasteiger partial charge in [-0.2, -0.15) is 0 Å². The van der Waals surface area contributed by atoms with Crippen LogP contribution < -0.4 is 5.32 Å². The van der Waals surface area contributed by atoms with Gasteiger partial charge in [-0.1, -0.05) is 47.3 Å². The zero-order valence-electron chi connectivity index (χ0n) is 11.2. The molecule has 1 fully saturated rings. The standard InChI is InChI=1S/C15H18BrNO3/c16-12-6-4-5-11(9-12)10-13(18)17-15(14(19)20)7-2-1-3-8-15/h4-6,9H,1-3,7-8,10H2,(H,17,18)(H,19,20). The molecule has 2 N–H and O–H groups in total. The van der Waals surface area contributed by atoms with Crippen LogP contribution in [0.5, 0.6) is 0 Å². The van der Waals surface area contributed by atoms with Gasteiger partial charge in [-0.25, -0.2) is 4.79 Å². The quantitative estimate of drug-likeness (QED) is 0.886. The Labute approximate surface area is 126 Å². The number of aliphatic carboxylic acids is 1. The Morgan fingerprint density at radius 2 is 1.95 bits per heavy atom. The largest absolute Gasteiger partial charge is 0.480 e. The van der Waals surface area contributed by atoms with Crippen LogP contribution in [0.3, 0.4) is 0 Å². The van der Waals surface area contributed by atoms with Crippen molar-refractivity contribution < 1.29 is 14.7 Å². The summed E-state index contributed by atoms with van der Waals surface area (Å²) in [5.74, 6) is -1.15. The fourth-order valence-corrected chi connectivity index (χ4v) is 3.14. The summed E-state index contributed by atoms with van der Waals surface area (Å²) in [4.78, 5) is 23.6. The first-order valence-corrected chi connectivity index (χ1v) is 7.60. The van der Waals surface area contributed by atoms with E-state index in [1.165, 1.54) is 0 Å². The molecule has 1 aromatic carbocycles. The van der Waals surface area contributed by atoms with Gasteiger partial charge in [0, 0.05) is 4.47 Å². The Morgan fingerprint density at radius 1 is 1.25 bits per heavy atom. The Hall–Kier alpha value is -1.36. The van der Waals surface area contributed by atoms with Gasteiger partial charge < -0.3 is 10.4 Å². The smallest absolute Gasteiger partial charge is 0.329 e. The maximum atomic E-state index is 12.1. The minimum Gasteiger partial charge on any atom is -0.480 e. The molecule has 1 amide bonds. The average molecular weight is 340 g/mol. The Morgan fingerprint density at radius 3 is 2.55 bits per heavy atom. The van der Waals surface area contributed by atoms with Crippen LogP contribution in [0.25, 0.3) is 0 Å². The fourth-order valence-electron chi connectivity index (χ4n) is 2.69. The molecular weight excluding hydrogens is 322 g/mol. The highest BCUT2D eigenvalue weighted by Gasteiger charge is 2.40. The molecule has 0 bridgehead atoms. The molecule has 1 aliphatic rings. The average Bonchev–Trinajstić information content (AvgIpc) is 2.39. The van der Waals surface area contributed by atoms with E-state index in [1.54, 1.807) is 0 Å². The summed E-state index contributed by atoms with van der Waals surface area (Å²) in [5.41, 5.74) is -0.199. The van der Waals surface area contributed by atoms with Crippen LogP contribution in [0, 0.1) is 0 Å². The molecule has 5 heteroatoms. The van der Waals surface area contributed by atoms with E-state index in [4.69, 9.17) is 0 Å². The summed E-state index contributed by atoms with van der Waals surface area (Å²) in [7, 11) is 0. The van der Waals surface area contributed by atoms with E-state index in [1.807, 2.05) is 24.3 Å². The Bertz CT molecular complexity index is 510. The monoisotopic (exact) mass is 339 g/mol. The van der Waals surface area contributed by atoms with Gasteiger partial charge >= 0.3 is 5.97 Å². The lowest BCUT2D eigenvalue weighted by Crippen LogP contribution is -2.55. The van der Waals surface area contributed by atoms with E-state index in [2.05, 4.69) is 21.2 Å². The van der Waals surface area contributed by atoms with Crippen molar-refractivity contribution in [2.45, 2.75) is 44.1 Å². The van der Waals surface area contributed by atoms with Crippen LogP contribution >= 0.6 is 15.9 Å². The number of hydrogen-bond donors (Lipinski definition) is 2. The molecule has 1 saturated carbocycles. The van der Waals surface area contributed by atoms with E-state index >= 15 is 0 Å². The van der Waals surface area contributed by atoms with Crippen molar-refractivity contribution in [2.75, 3.05) is 0 Å². The lowest BCUT2D eigenvalue weighted by molar-refractivity contribution is -0.149. The molecule has 108 valence electrons. The summed E-state index contributed by atoms with van der Waals surface area (Å²) in [5, 5.41) is 12.2. The van der Waals surface area contributed by atoms with E-state index in [0.717, 1.165) is 29.3 Å². The Balaban J connectivity index is 2.03. The third-order valence-corrected chi connectivity index (χ3v) is 4.24. The number of benzene rings is 1. The Kier molecular flexibility index (Phi) is 4.81. The first-order chi connectivity index (χ1) is 9.52. The van der Waals surface area contributed by atoms with Crippen LogP contribution in [0.2, 0.25) is 0 Å². The van der Waals surface area contributed by atoms with Crippen molar-refractivity contribution in [1.29, 1.82) is 0 Å². The molecule has 0 heterocycles. The van der Waals surface area contributed by atoms with Crippen molar-refractivity contribution in [3.05, 3.63) is 34.3 Å². The van der Waals surface area contributed by atoms with Crippen molar-refractivity contribution in [1.82, 2.24) is 5.32 Å². The number of carboxylic acids is 1. The van der Waals surface area contributed by atoms with E-state index in [-0.39, 0.29) is 12.3 Å². The highest BCUT2D eigenvalue weighted by Crippen LogP contribution is 2.28. The molecule has 1 aromatic rings. The second kappa shape index (κ2) is 6.39. The number of nitrogens with one attached hydrogen (secondary N) is 1. The molecule has 0 saturated heterocycles. The van der Waals surface area contributed by atoms with Gasteiger partial charge in [-0.15, -0.1) is 0 Å². The minimum atomic E-state index is -1.07. The third kappa shape index (κ3) is 3.60. The molecule has 0 aliphatic heterocycles. The summed E-state index contributed by atoms with van der Waals surface area (Å²) >= 11 is 3.36. The summed E-state index contributed by atoms with van der Waals surface area (Å²) < 4.78 is 0.911. The molecule has 0 aromatic heterocycles. The van der Waals surface area contributed by atoms with Crippen LogP contribution in [-0.2, 0) is 16.0 Å². The summed E-state index contributed by atoms with van der Waals surface area (Å²) in [6.45, 7) is 0. The first kappa shape index (κ1) is 15.0. The number of rotatable bonds is 4. The second-order valence-corrected chi connectivity index (χ2v) is 6.22. The van der Waals surface area contributed by atoms with Crippen LogP contribution in [0.4, 0.5) is 0 Å². The van der Waals surface area contributed by atoms with E-state index in [9.17, 15) is 14.7 Å². The molecule has 20 heavy (non-hydrogen) atoms. The van der Waals surface area contributed by atoms with Crippen molar-refractivity contribution in [3.63, 3.8) is 0 Å². The van der Waals surface area contributed by atoms with Crippen LogP contribution in [-0.4, -0.2) is 22.5 Å². The summed E-state index contributed by atoms with van der Waals surface area (Å²) in [6.07, 6.45) is 3.98. The normalized spacial score (nSPS) is 17.4. The lowest BCUT2D eigenvalue weighted by atomic mass is 9.81. The van der Waals surface area contributed by atoms with Crippen molar-refractivity contribution >= 4 is 27.8 Å². The highest BCUT2D eigenvalue weighted by atomic mass is 79.9. The summed E-state index contributed by atoms with van der Waals surface area (Å²) in [6, 6.07) is 7.48. The number of carbonyl (C=O) groups is 2. The second-order valence-electron chi connectivity index (χ2n) is 5.30. The van der Waals surface area contributed by atoms with E-state index < -0.39 is 11.5 Å². The predicted octanol–water partition coefficient (Wildman–Crippen LogP) is 2.90. The van der Waals surface area contributed by atoms with Crippen molar-refractivity contribution in [2.24, 2.45) is 0 Å².